The van der Waals surface area contributed by atoms with Gasteiger partial charge in [0.1, 0.15) is 10.6 Å². The number of benzene rings is 2. The highest BCUT2D eigenvalue weighted by Gasteiger charge is 2.22. The number of thiazole rings is 1. The van der Waals surface area contributed by atoms with Crippen LogP contribution < -0.4 is 5.32 Å². The van der Waals surface area contributed by atoms with Gasteiger partial charge < -0.3 is 10.1 Å². The summed E-state index contributed by atoms with van der Waals surface area (Å²) in [5, 5.41) is 7.24. The van der Waals surface area contributed by atoms with Crippen LogP contribution in [-0.4, -0.2) is 29.2 Å². The average molecular weight is 481 g/mol. The lowest BCUT2D eigenvalue weighted by Crippen LogP contribution is -2.16. The molecule has 0 saturated heterocycles. The van der Waals surface area contributed by atoms with Crippen molar-refractivity contribution >= 4 is 51.3 Å². The van der Waals surface area contributed by atoms with E-state index in [-0.39, 0.29) is 18.3 Å². The van der Waals surface area contributed by atoms with Crippen molar-refractivity contribution in [3.8, 4) is 22.4 Å². The van der Waals surface area contributed by atoms with Crippen molar-refractivity contribution < 1.29 is 14.3 Å². The third-order valence-electron chi connectivity index (χ3n) is 4.49. The van der Waals surface area contributed by atoms with Crippen molar-refractivity contribution in [2.45, 2.75) is 11.3 Å². The Labute approximate surface area is 198 Å². The van der Waals surface area contributed by atoms with Crippen molar-refractivity contribution in [3.63, 3.8) is 0 Å². The number of thiophene rings is 1. The van der Waals surface area contributed by atoms with Crippen LogP contribution in [0.25, 0.3) is 22.4 Å². The lowest BCUT2D eigenvalue weighted by atomic mass is 10.0. The molecule has 0 radical (unpaired) electrons. The van der Waals surface area contributed by atoms with E-state index in [0.29, 0.717) is 10.6 Å². The summed E-state index contributed by atoms with van der Waals surface area (Å²) >= 11 is 4.21. The van der Waals surface area contributed by atoms with Gasteiger partial charge in [0, 0.05) is 21.9 Å². The summed E-state index contributed by atoms with van der Waals surface area (Å²) < 4.78 is 6.07. The predicted octanol–water partition coefficient (Wildman–Crippen LogP) is 6.45. The van der Waals surface area contributed by atoms with Gasteiger partial charge in [0.2, 0.25) is 5.91 Å². The van der Waals surface area contributed by atoms with Crippen molar-refractivity contribution in [2.75, 3.05) is 17.7 Å². The topological polar surface area (TPSA) is 68.3 Å². The van der Waals surface area contributed by atoms with Gasteiger partial charge in [-0.25, -0.2) is 9.78 Å². The second-order valence-corrected chi connectivity index (χ2v) is 9.60. The number of aromatic nitrogens is 1. The monoisotopic (exact) mass is 480 g/mol. The quantitative estimate of drug-likeness (QED) is 0.232. The molecule has 4 rings (SSSR count). The van der Waals surface area contributed by atoms with Crippen molar-refractivity contribution in [1.82, 2.24) is 4.98 Å². The molecule has 4 aromatic rings. The SMILES string of the molecule is CCOC(=O)c1c(-c2ccccc2)csc1NC(=O)CSc1nc(-c2ccccc2)cs1. The molecule has 0 unspecified atom stereocenters. The Morgan fingerprint density at radius 3 is 2.34 bits per heavy atom. The lowest BCUT2D eigenvalue weighted by molar-refractivity contribution is -0.113. The highest BCUT2D eigenvalue weighted by molar-refractivity contribution is 8.01. The molecule has 0 fully saturated rings. The average Bonchev–Trinajstić information content (AvgIpc) is 3.46. The molecule has 0 aliphatic carbocycles. The number of ether oxygens (including phenoxy) is 1. The molecule has 2 heterocycles. The van der Waals surface area contributed by atoms with Crippen LogP contribution >= 0.6 is 34.4 Å². The maximum Gasteiger partial charge on any atom is 0.341 e. The summed E-state index contributed by atoms with van der Waals surface area (Å²) in [6, 6.07) is 19.5. The van der Waals surface area contributed by atoms with Crippen LogP contribution in [0.1, 0.15) is 17.3 Å². The molecule has 0 bridgehead atoms. The summed E-state index contributed by atoms with van der Waals surface area (Å²) in [5.74, 6) is -0.441. The molecule has 0 aliphatic heterocycles. The molecule has 0 aliphatic rings. The Morgan fingerprint density at radius 2 is 1.66 bits per heavy atom. The molecule has 32 heavy (non-hydrogen) atoms. The Balaban J connectivity index is 1.46. The summed E-state index contributed by atoms with van der Waals surface area (Å²) in [6.45, 7) is 2.03. The number of rotatable bonds is 8. The number of esters is 1. The standard InChI is InChI=1S/C24H20N2O3S3/c1-2-29-23(28)21-18(16-9-5-3-6-10-16)13-30-22(21)26-20(27)15-32-24-25-19(14-31-24)17-11-7-4-8-12-17/h3-14H,2,15H2,1H3,(H,26,27). The molecule has 1 amide bonds. The largest absolute Gasteiger partial charge is 0.462 e. The minimum Gasteiger partial charge on any atom is -0.462 e. The molecular formula is C24H20N2O3S3. The molecule has 0 saturated carbocycles. The third kappa shape index (κ3) is 5.27. The molecule has 2 aromatic carbocycles. The number of nitrogens with one attached hydrogen (secondary N) is 1. The minimum absolute atomic E-state index is 0.196. The molecule has 5 nitrogen and oxygen atoms in total. The van der Waals surface area contributed by atoms with E-state index in [2.05, 4.69) is 10.3 Å². The molecule has 8 heteroatoms. The molecule has 1 N–H and O–H groups in total. The fraction of sp³-hybridized carbons (Fsp3) is 0.125. The van der Waals surface area contributed by atoms with E-state index in [1.807, 2.05) is 71.4 Å². The van der Waals surface area contributed by atoms with Crippen LogP contribution in [0, 0.1) is 0 Å². The van der Waals surface area contributed by atoms with Gasteiger partial charge in [0.05, 0.1) is 18.1 Å². The first-order chi connectivity index (χ1) is 15.7. The Hall–Kier alpha value is -2.94. The number of anilines is 1. The zero-order valence-corrected chi connectivity index (χ0v) is 19.7. The summed E-state index contributed by atoms with van der Waals surface area (Å²) in [5.41, 5.74) is 3.99. The first-order valence-corrected chi connectivity index (χ1v) is 12.7. The normalized spacial score (nSPS) is 10.7. The smallest absolute Gasteiger partial charge is 0.341 e. The lowest BCUT2D eigenvalue weighted by Gasteiger charge is -2.08. The van der Waals surface area contributed by atoms with Crippen LogP contribution in [0.15, 0.2) is 75.8 Å². The van der Waals surface area contributed by atoms with Crippen LogP contribution in [0.4, 0.5) is 5.00 Å². The zero-order chi connectivity index (χ0) is 22.3. The highest BCUT2D eigenvalue weighted by Crippen LogP contribution is 2.36. The van der Waals surface area contributed by atoms with Gasteiger partial charge in [-0.2, -0.15) is 0 Å². The van der Waals surface area contributed by atoms with E-state index in [9.17, 15) is 9.59 Å². The minimum atomic E-state index is -0.442. The van der Waals surface area contributed by atoms with Crippen LogP contribution in [0.3, 0.4) is 0 Å². The van der Waals surface area contributed by atoms with Gasteiger partial charge in [-0.3, -0.25) is 4.79 Å². The van der Waals surface area contributed by atoms with Gasteiger partial charge >= 0.3 is 5.97 Å². The predicted molar refractivity (Wildman–Crippen MR) is 133 cm³/mol. The van der Waals surface area contributed by atoms with Gasteiger partial charge in [0.25, 0.3) is 0 Å². The van der Waals surface area contributed by atoms with Crippen LogP contribution in [0.2, 0.25) is 0 Å². The number of carbonyl (C=O) groups is 2. The first-order valence-electron chi connectivity index (χ1n) is 9.93. The number of nitrogens with zero attached hydrogens (tertiary/aromatic N) is 1. The van der Waals surface area contributed by atoms with E-state index < -0.39 is 5.97 Å². The molecule has 162 valence electrons. The highest BCUT2D eigenvalue weighted by atomic mass is 32.2. The number of hydrogen-bond acceptors (Lipinski definition) is 7. The first kappa shape index (κ1) is 22.3. The number of hydrogen-bond donors (Lipinski definition) is 1. The van der Waals surface area contributed by atoms with E-state index in [4.69, 9.17) is 4.74 Å². The van der Waals surface area contributed by atoms with Gasteiger partial charge in [0.15, 0.2) is 4.34 Å². The van der Waals surface area contributed by atoms with Crippen LogP contribution in [0.5, 0.6) is 0 Å². The van der Waals surface area contributed by atoms with Crippen LogP contribution in [-0.2, 0) is 9.53 Å². The van der Waals surface area contributed by atoms with Gasteiger partial charge in [-0.15, -0.1) is 22.7 Å². The molecule has 0 atom stereocenters. The fourth-order valence-corrected chi connectivity index (χ4v) is 5.65. The Bertz CT molecular complexity index is 1200. The van der Waals surface area contributed by atoms with Gasteiger partial charge in [-0.05, 0) is 12.5 Å². The molecular weight excluding hydrogens is 460 g/mol. The van der Waals surface area contributed by atoms with E-state index in [0.717, 1.165) is 26.7 Å². The van der Waals surface area contributed by atoms with E-state index >= 15 is 0 Å². The third-order valence-corrected chi connectivity index (χ3v) is 7.40. The second kappa shape index (κ2) is 10.6. The summed E-state index contributed by atoms with van der Waals surface area (Å²) in [7, 11) is 0. The summed E-state index contributed by atoms with van der Waals surface area (Å²) in [4.78, 5) is 29.9. The van der Waals surface area contributed by atoms with Crippen molar-refractivity contribution in [3.05, 3.63) is 77.0 Å². The second-order valence-electron chi connectivity index (χ2n) is 6.64. The fourth-order valence-electron chi connectivity index (χ4n) is 3.04. The van der Waals surface area contributed by atoms with E-state index in [1.165, 1.54) is 34.4 Å². The number of thioether (sulfide) groups is 1. The zero-order valence-electron chi connectivity index (χ0n) is 17.2. The maximum absolute atomic E-state index is 12.6. The van der Waals surface area contributed by atoms with Gasteiger partial charge in [-0.1, -0.05) is 72.4 Å². The maximum atomic E-state index is 12.6. The molecule has 0 spiro atoms. The van der Waals surface area contributed by atoms with E-state index in [1.54, 1.807) is 6.92 Å². The Morgan fingerprint density at radius 1 is 0.969 bits per heavy atom. The number of amides is 1. The van der Waals surface area contributed by atoms with Crippen molar-refractivity contribution in [2.24, 2.45) is 0 Å². The Kier molecular flexibility index (Phi) is 7.36. The summed E-state index contributed by atoms with van der Waals surface area (Å²) in [6.07, 6.45) is 0. The van der Waals surface area contributed by atoms with Crippen molar-refractivity contribution in [1.29, 1.82) is 0 Å². The molecule has 2 aromatic heterocycles. The number of carbonyl (C=O) groups excluding carboxylic acids is 2.